The Balaban J connectivity index is 4.46. The van der Waals surface area contributed by atoms with Crippen LogP contribution in [0.5, 0.6) is 0 Å². The standard InChI is InChI=1S/2HO3S.Sn/c2*1-4(2)3;/h2*(H,1,2,3);/i;;1+35. The summed E-state index contributed by atoms with van der Waals surface area (Å²) in [6.07, 6.45) is 0. The summed E-state index contributed by atoms with van der Waals surface area (Å²) in [6.45, 7) is 0. The van der Waals surface area contributed by atoms with E-state index in [-0.39, 0.29) is 0 Å². The molecule has 9 heavy (non-hydrogen) atoms. The van der Waals surface area contributed by atoms with Crippen molar-refractivity contribution in [3.05, 3.63) is 0 Å². The van der Waals surface area contributed by atoms with Crippen LogP contribution in [-0.4, -0.2) is 44.3 Å². The number of hydrogen-bond donors (Lipinski definition) is 2. The van der Waals surface area contributed by atoms with E-state index in [9.17, 15) is 16.8 Å². The molecular formula is H2O6S2Sn. The molecule has 0 aliphatic heterocycles. The van der Waals surface area contributed by atoms with Crippen LogP contribution in [0.1, 0.15) is 0 Å². The second-order valence-electron chi connectivity index (χ2n) is 1.03. The Labute approximate surface area is 58.9 Å². The fourth-order valence-electron chi connectivity index (χ4n) is 0.133. The third kappa shape index (κ3) is 8.62. The van der Waals surface area contributed by atoms with Crippen molar-refractivity contribution in [1.29, 1.82) is 0 Å². The molecule has 0 aliphatic rings. The summed E-state index contributed by atoms with van der Waals surface area (Å²) in [4.78, 5) is 0. The molecule has 0 spiro atoms. The summed E-state index contributed by atoms with van der Waals surface area (Å²) < 4.78 is 54.7. The Morgan fingerprint density at radius 1 is 0.889 bits per heavy atom. The quantitative estimate of drug-likeness (QED) is 0.371. The van der Waals surface area contributed by atoms with Crippen molar-refractivity contribution in [1.82, 2.24) is 0 Å². The van der Waals surface area contributed by atoms with Gasteiger partial charge in [-0.25, -0.2) is 0 Å². The van der Waals surface area contributed by atoms with Crippen LogP contribution in [0.3, 0.4) is 0 Å². The van der Waals surface area contributed by atoms with E-state index in [1.807, 2.05) is 0 Å². The average Bonchev–Trinajstić information content (AvgIpc) is 1.14. The van der Waals surface area contributed by atoms with Crippen molar-refractivity contribution < 1.29 is 25.9 Å². The van der Waals surface area contributed by atoms with Crippen LogP contribution >= 0.6 is 0 Å². The van der Waals surface area contributed by atoms with Gasteiger partial charge in [0.2, 0.25) is 0 Å². The Kier molecular flexibility index (Phi) is 2.88. The van der Waals surface area contributed by atoms with Gasteiger partial charge in [0.1, 0.15) is 0 Å². The molecule has 0 saturated carbocycles. The van der Waals surface area contributed by atoms with Gasteiger partial charge in [-0.3, -0.25) is 0 Å². The molecule has 0 aromatic carbocycles. The molecule has 0 heterocycles. The van der Waals surface area contributed by atoms with Gasteiger partial charge in [-0.2, -0.15) is 0 Å². The van der Waals surface area contributed by atoms with E-state index >= 15 is 0 Å². The van der Waals surface area contributed by atoms with Crippen LogP contribution in [-0.2, 0) is 14.6 Å². The van der Waals surface area contributed by atoms with Crippen LogP contribution in [0.25, 0.3) is 0 Å². The molecular weight excluding hydrogens is 161 g/mol. The molecule has 0 unspecified atom stereocenters. The van der Waals surface area contributed by atoms with E-state index < -0.39 is 33.0 Å². The third-order valence-electron chi connectivity index (χ3n) is 0.211. The summed E-state index contributed by atoms with van der Waals surface area (Å²) in [5.41, 5.74) is 0. The second-order valence-corrected chi connectivity index (χ2v) is 16.7. The van der Waals surface area contributed by atoms with Crippen molar-refractivity contribution in [3.8, 4) is 0 Å². The zero-order valence-electron chi connectivity index (χ0n) is 3.84. The summed E-state index contributed by atoms with van der Waals surface area (Å²) in [5.74, 6) is 0. The van der Waals surface area contributed by atoms with Gasteiger partial charge in [-0.15, -0.1) is 0 Å². The Bertz CT molecular complexity index is 236. The first-order chi connectivity index (χ1) is 3.71. The maximum atomic E-state index is 9.74. The van der Waals surface area contributed by atoms with Crippen molar-refractivity contribution in [2.24, 2.45) is 0 Å². The van der Waals surface area contributed by atoms with Gasteiger partial charge in [0.15, 0.2) is 0 Å². The Hall–Kier alpha value is 0.619. The summed E-state index contributed by atoms with van der Waals surface area (Å²) in [7, 11) is -8.90. The third-order valence-corrected chi connectivity index (χ3v) is 12.7. The van der Waals surface area contributed by atoms with E-state index in [0.29, 0.717) is 0 Å². The molecule has 0 aliphatic carbocycles. The first kappa shape index (κ1) is 9.62. The van der Waals surface area contributed by atoms with Crippen molar-refractivity contribution in [2.75, 3.05) is 0 Å². The molecule has 0 bridgehead atoms. The number of hydrogen-bond acceptors (Lipinski definition) is 4. The normalized spacial score (nSPS) is 13.6. The maximum absolute atomic E-state index is 9.74. The SMILES string of the molecule is O=[S](=O)(O)[1Sn][S](=O)(=O)O. The zero-order valence-corrected chi connectivity index (χ0v) is 8.33. The Morgan fingerprint density at radius 3 is 1.11 bits per heavy atom. The van der Waals surface area contributed by atoms with Crippen LogP contribution in [0.2, 0.25) is 0 Å². The van der Waals surface area contributed by atoms with Crippen molar-refractivity contribution in [3.63, 3.8) is 0 Å². The van der Waals surface area contributed by atoms with E-state index in [1.54, 1.807) is 0 Å². The van der Waals surface area contributed by atoms with Gasteiger partial charge in [0.05, 0.1) is 0 Å². The molecule has 0 saturated heterocycles. The number of rotatable bonds is 2. The van der Waals surface area contributed by atoms with E-state index in [0.717, 1.165) is 0 Å². The summed E-state index contributed by atoms with van der Waals surface area (Å²) >= 11 is -3.13. The fraction of sp³-hybridized carbons (Fsp3) is 0. The molecule has 2 radical (unpaired) electrons. The second kappa shape index (κ2) is 2.70. The van der Waals surface area contributed by atoms with Gasteiger partial charge in [0.25, 0.3) is 0 Å². The molecule has 54 valence electrons. The molecule has 0 atom stereocenters. The van der Waals surface area contributed by atoms with E-state index in [4.69, 9.17) is 9.11 Å². The zero-order chi connectivity index (χ0) is 7.71. The molecule has 9 heteroatoms. The van der Waals surface area contributed by atoms with Crippen molar-refractivity contribution in [2.45, 2.75) is 0 Å². The predicted molar refractivity (Wildman–Crippen MR) is 28.9 cm³/mol. The van der Waals surface area contributed by atoms with Crippen LogP contribution in [0, 0.1) is 0 Å². The molecule has 6 nitrogen and oxygen atoms in total. The van der Waals surface area contributed by atoms with Gasteiger partial charge < -0.3 is 0 Å². The monoisotopic (exact) mass is 163 g/mol. The minimum atomic E-state index is -4.45. The topological polar surface area (TPSA) is 109 Å². The fourth-order valence-corrected chi connectivity index (χ4v) is 8.03. The molecule has 0 fully saturated rings. The van der Waals surface area contributed by atoms with Crippen LogP contribution in [0.4, 0.5) is 0 Å². The summed E-state index contributed by atoms with van der Waals surface area (Å²) in [5, 5.41) is 0. The first-order valence-electron chi connectivity index (χ1n) is 1.44. The first-order valence-corrected chi connectivity index (χ1v) is 11.3. The van der Waals surface area contributed by atoms with Crippen LogP contribution in [0.15, 0.2) is 0 Å². The van der Waals surface area contributed by atoms with E-state index in [1.165, 1.54) is 0 Å². The van der Waals surface area contributed by atoms with Crippen molar-refractivity contribution >= 4 is 33.0 Å². The van der Waals surface area contributed by atoms with Gasteiger partial charge in [-0.1, -0.05) is 0 Å². The minimum absolute atomic E-state index is 3.13. The van der Waals surface area contributed by atoms with E-state index in [2.05, 4.69) is 0 Å². The molecule has 0 rings (SSSR count). The van der Waals surface area contributed by atoms with Gasteiger partial charge in [-0.05, 0) is 0 Å². The Morgan fingerprint density at radius 2 is 1.11 bits per heavy atom. The molecule has 0 amide bonds. The predicted octanol–water partition coefficient (Wildman–Crippen LogP) is -1.70. The average molecular weight is 163 g/mol. The molecule has 2 N–H and O–H groups in total. The molecule has 0 aromatic rings. The van der Waals surface area contributed by atoms with Gasteiger partial charge >= 0.3 is 58.9 Å². The summed E-state index contributed by atoms with van der Waals surface area (Å²) in [6, 6.07) is 0. The van der Waals surface area contributed by atoms with Crippen LogP contribution < -0.4 is 0 Å². The molecule has 0 aromatic heterocycles. The van der Waals surface area contributed by atoms with Gasteiger partial charge in [0, 0.05) is 0 Å².